The van der Waals surface area contributed by atoms with Crippen LogP contribution in [0, 0.1) is 13.8 Å². The van der Waals surface area contributed by atoms with Gasteiger partial charge >= 0.3 is 0 Å². The molecule has 3 aromatic rings. The maximum Gasteiger partial charge on any atom is 0.247 e. The average molecular weight is 393 g/mol. The van der Waals surface area contributed by atoms with Crippen molar-refractivity contribution in [2.75, 3.05) is 19.7 Å². The van der Waals surface area contributed by atoms with Crippen LogP contribution in [0.5, 0.6) is 0 Å². The van der Waals surface area contributed by atoms with E-state index in [0.717, 1.165) is 37.3 Å². The van der Waals surface area contributed by atoms with Crippen LogP contribution in [0.15, 0.2) is 30.3 Å². The number of rotatable bonds is 2. The van der Waals surface area contributed by atoms with Crippen molar-refractivity contribution in [3.63, 3.8) is 0 Å². The summed E-state index contributed by atoms with van der Waals surface area (Å²) in [5.74, 6) is 0.138. The van der Waals surface area contributed by atoms with E-state index in [1.807, 2.05) is 36.4 Å². The van der Waals surface area contributed by atoms with Crippen LogP contribution < -0.4 is 0 Å². The van der Waals surface area contributed by atoms with E-state index in [2.05, 4.69) is 34.3 Å². The molecule has 0 bridgehead atoms. The quantitative estimate of drug-likeness (QED) is 0.724. The number of hydrogen-bond donors (Lipinski definition) is 1. The number of ether oxygens (including phenoxy) is 1. The summed E-state index contributed by atoms with van der Waals surface area (Å²) in [5.41, 5.74) is 5.47. The lowest BCUT2D eigenvalue weighted by Crippen LogP contribution is -2.49. The topological polar surface area (TPSA) is 63.1 Å². The highest BCUT2D eigenvalue weighted by Gasteiger charge is 2.44. The van der Waals surface area contributed by atoms with Crippen LogP contribution >= 0.6 is 0 Å². The normalized spacial score (nSPS) is 19.5. The summed E-state index contributed by atoms with van der Waals surface area (Å²) >= 11 is 0. The third-order valence-electron chi connectivity index (χ3n) is 6.65. The Morgan fingerprint density at radius 3 is 2.72 bits per heavy atom. The van der Waals surface area contributed by atoms with Gasteiger partial charge in [0.2, 0.25) is 5.91 Å². The summed E-state index contributed by atoms with van der Waals surface area (Å²) in [5, 5.41) is 5.81. The number of carbonyl (C=O) groups excluding carboxylic acids is 1. The van der Waals surface area contributed by atoms with Gasteiger partial charge in [0.05, 0.1) is 18.0 Å². The van der Waals surface area contributed by atoms with Crippen LogP contribution in [0.25, 0.3) is 10.9 Å². The van der Waals surface area contributed by atoms with Crippen molar-refractivity contribution in [2.45, 2.75) is 51.7 Å². The Labute approximate surface area is 170 Å². The number of likely N-dealkylation sites (tertiary alicyclic amines) is 1. The molecule has 2 aliphatic rings. The first-order valence-corrected chi connectivity index (χ1v) is 10.5. The van der Waals surface area contributed by atoms with E-state index < -0.39 is 0 Å². The van der Waals surface area contributed by atoms with E-state index in [1.54, 1.807) is 0 Å². The lowest BCUT2D eigenvalue weighted by atomic mass is 9.83. The van der Waals surface area contributed by atoms with Crippen molar-refractivity contribution < 1.29 is 9.53 Å². The molecule has 1 N–H and O–H groups in total. The monoisotopic (exact) mass is 392 g/mol. The fourth-order valence-corrected chi connectivity index (χ4v) is 5.16. The number of fused-ring (bicyclic) bond motifs is 4. The minimum Gasteiger partial charge on any atom is -0.368 e. The molecule has 4 heterocycles. The third kappa shape index (κ3) is 2.89. The van der Waals surface area contributed by atoms with Crippen LogP contribution in [0.4, 0.5) is 0 Å². The van der Waals surface area contributed by atoms with Crippen molar-refractivity contribution in [3.8, 4) is 0 Å². The Morgan fingerprint density at radius 1 is 1.24 bits per heavy atom. The lowest BCUT2D eigenvalue weighted by molar-refractivity contribution is -0.144. The van der Waals surface area contributed by atoms with Crippen LogP contribution in [0.2, 0.25) is 0 Å². The Balaban J connectivity index is 1.37. The largest absolute Gasteiger partial charge is 0.368 e. The number of carbonyl (C=O) groups is 1. The van der Waals surface area contributed by atoms with Gasteiger partial charge in [0, 0.05) is 29.7 Å². The van der Waals surface area contributed by atoms with Crippen molar-refractivity contribution in [1.82, 2.24) is 19.7 Å². The second-order valence-corrected chi connectivity index (χ2v) is 8.49. The molecule has 1 fully saturated rings. The smallest absolute Gasteiger partial charge is 0.247 e. The minimum atomic E-state index is -0.301. The Hall–Kier alpha value is -2.60. The van der Waals surface area contributed by atoms with Gasteiger partial charge in [-0.3, -0.25) is 9.48 Å². The number of para-hydroxylation sites is 1. The average Bonchev–Trinajstić information content (AvgIpc) is 3.28. The second-order valence-electron chi connectivity index (χ2n) is 8.49. The third-order valence-corrected chi connectivity index (χ3v) is 6.65. The van der Waals surface area contributed by atoms with Crippen molar-refractivity contribution >= 4 is 16.8 Å². The van der Waals surface area contributed by atoms with Crippen molar-refractivity contribution in [3.05, 3.63) is 53.0 Å². The number of piperidine rings is 1. The molecule has 6 nitrogen and oxygen atoms in total. The summed E-state index contributed by atoms with van der Waals surface area (Å²) in [6.07, 6.45) is 2.59. The molecule has 1 aromatic carbocycles. The number of amides is 1. The first-order chi connectivity index (χ1) is 14.0. The first-order valence-electron chi connectivity index (χ1n) is 10.5. The van der Waals surface area contributed by atoms with Gasteiger partial charge in [-0.1, -0.05) is 18.2 Å². The molecule has 5 rings (SSSR count). The number of aromatic amines is 1. The molecule has 2 aliphatic heterocycles. The molecule has 0 radical (unpaired) electrons. The molecule has 1 atom stereocenters. The number of nitrogens with zero attached hydrogens (tertiary/aromatic N) is 3. The van der Waals surface area contributed by atoms with Gasteiger partial charge in [0.1, 0.15) is 11.6 Å². The van der Waals surface area contributed by atoms with E-state index in [1.165, 1.54) is 22.2 Å². The number of benzene rings is 1. The zero-order valence-corrected chi connectivity index (χ0v) is 17.4. The summed E-state index contributed by atoms with van der Waals surface area (Å²) < 4.78 is 8.21. The minimum absolute atomic E-state index is 0.138. The fourth-order valence-electron chi connectivity index (χ4n) is 5.16. The SMILES string of the molecule is Cc1cc(C)n(C(C)C(=O)N2CCC3(CC2)OCCc2c3[nH]c3ccccc23)n1. The van der Waals surface area contributed by atoms with E-state index in [4.69, 9.17) is 4.74 Å². The Morgan fingerprint density at radius 2 is 2.00 bits per heavy atom. The highest BCUT2D eigenvalue weighted by Crippen LogP contribution is 2.43. The molecular weight excluding hydrogens is 364 g/mol. The zero-order valence-electron chi connectivity index (χ0n) is 17.4. The summed E-state index contributed by atoms with van der Waals surface area (Å²) in [6.45, 7) is 8.06. The molecule has 1 saturated heterocycles. The maximum absolute atomic E-state index is 13.1. The van der Waals surface area contributed by atoms with Gasteiger partial charge in [0.15, 0.2) is 0 Å². The molecule has 152 valence electrons. The number of H-pyrrole nitrogens is 1. The van der Waals surface area contributed by atoms with E-state index in [9.17, 15) is 4.79 Å². The second kappa shape index (κ2) is 6.73. The molecule has 2 aromatic heterocycles. The number of hydrogen-bond acceptors (Lipinski definition) is 3. The summed E-state index contributed by atoms with van der Waals surface area (Å²) in [6, 6.07) is 10.2. The van der Waals surface area contributed by atoms with E-state index >= 15 is 0 Å². The van der Waals surface area contributed by atoms with E-state index in [0.29, 0.717) is 13.1 Å². The van der Waals surface area contributed by atoms with Crippen LogP contribution in [-0.4, -0.2) is 45.3 Å². The van der Waals surface area contributed by atoms with Crippen LogP contribution in [-0.2, 0) is 21.6 Å². The van der Waals surface area contributed by atoms with Crippen molar-refractivity contribution in [2.24, 2.45) is 0 Å². The lowest BCUT2D eigenvalue weighted by Gasteiger charge is -2.44. The molecule has 1 amide bonds. The van der Waals surface area contributed by atoms with Crippen molar-refractivity contribution in [1.29, 1.82) is 0 Å². The fraction of sp³-hybridized carbons (Fsp3) is 0.478. The zero-order chi connectivity index (χ0) is 20.2. The molecule has 1 spiro atoms. The molecule has 1 unspecified atom stereocenters. The first kappa shape index (κ1) is 18.4. The highest BCUT2D eigenvalue weighted by atomic mass is 16.5. The van der Waals surface area contributed by atoms with Gasteiger partial charge in [-0.05, 0) is 57.7 Å². The predicted molar refractivity (Wildman–Crippen MR) is 112 cm³/mol. The number of aryl methyl sites for hydroxylation is 2. The van der Waals surface area contributed by atoms with Crippen LogP contribution in [0.3, 0.4) is 0 Å². The maximum atomic E-state index is 13.1. The Kier molecular flexibility index (Phi) is 4.28. The van der Waals surface area contributed by atoms with Gasteiger partial charge < -0.3 is 14.6 Å². The predicted octanol–water partition coefficient (Wildman–Crippen LogP) is 3.63. The van der Waals surface area contributed by atoms with Gasteiger partial charge in [-0.25, -0.2) is 0 Å². The summed E-state index contributed by atoms with van der Waals surface area (Å²) in [4.78, 5) is 18.7. The Bertz CT molecular complexity index is 1070. The summed E-state index contributed by atoms with van der Waals surface area (Å²) in [7, 11) is 0. The molecular formula is C23H28N4O2. The molecule has 29 heavy (non-hydrogen) atoms. The van der Waals surface area contributed by atoms with Gasteiger partial charge in [0.25, 0.3) is 0 Å². The van der Waals surface area contributed by atoms with Gasteiger partial charge in [-0.2, -0.15) is 5.10 Å². The van der Waals surface area contributed by atoms with Crippen LogP contribution in [0.1, 0.15) is 48.5 Å². The molecule has 0 aliphatic carbocycles. The standard InChI is InChI=1S/C23H28N4O2/c1-15-14-16(2)27(25-15)17(3)22(28)26-11-9-23(10-12-26)21-19(8-13-29-23)18-6-4-5-7-20(18)24-21/h4-7,14,17,24H,8-13H2,1-3H3. The van der Waals surface area contributed by atoms with Gasteiger partial charge in [-0.15, -0.1) is 0 Å². The number of aromatic nitrogens is 3. The number of nitrogens with one attached hydrogen (secondary N) is 1. The molecule has 6 heteroatoms. The molecule has 0 saturated carbocycles. The highest BCUT2D eigenvalue weighted by molar-refractivity contribution is 5.85. The van der Waals surface area contributed by atoms with E-state index in [-0.39, 0.29) is 17.6 Å².